The van der Waals surface area contributed by atoms with Crippen molar-refractivity contribution in [2.45, 2.75) is 5.66 Å². The molecule has 2 N–H and O–H groups in total. The van der Waals surface area contributed by atoms with Crippen molar-refractivity contribution in [3.05, 3.63) is 76.8 Å². The molecule has 0 fully saturated rings. The van der Waals surface area contributed by atoms with Gasteiger partial charge in [-0.05, 0) is 42.5 Å². The molecule has 0 aliphatic carbocycles. The zero-order valence-corrected chi connectivity index (χ0v) is 18.0. The number of carbonyl (C=O) groups is 1. The van der Waals surface area contributed by atoms with Crippen LogP contribution in [0, 0.1) is 0 Å². The Bertz CT molecular complexity index is 1380. The van der Waals surface area contributed by atoms with Gasteiger partial charge in [0.05, 0.1) is 12.7 Å². The fourth-order valence-electron chi connectivity index (χ4n) is 4.29. The average molecular weight is 474 g/mol. The number of rotatable bonds is 2. The summed E-state index contributed by atoms with van der Waals surface area (Å²) in [7, 11) is 1.62. The lowest BCUT2D eigenvalue weighted by Gasteiger charge is -2.35. The molecule has 3 heterocycles. The van der Waals surface area contributed by atoms with Crippen molar-refractivity contribution in [2.75, 3.05) is 17.7 Å². The van der Waals surface area contributed by atoms with Crippen LogP contribution in [0.2, 0.25) is 0 Å². The van der Waals surface area contributed by atoms with Gasteiger partial charge in [-0.3, -0.25) is 4.79 Å². The van der Waals surface area contributed by atoms with E-state index in [4.69, 9.17) is 14.8 Å². The number of aromatic nitrogens is 3. The largest absolute Gasteiger partial charge is 0.496 e. The van der Waals surface area contributed by atoms with Crippen molar-refractivity contribution < 1.29 is 9.53 Å². The van der Waals surface area contributed by atoms with Gasteiger partial charge < -0.3 is 15.4 Å². The van der Waals surface area contributed by atoms with Crippen LogP contribution in [0.4, 0.5) is 11.4 Å². The molecule has 0 radical (unpaired) electrons. The number of methoxy groups -OCH3 is 1. The number of ether oxygens (including phenoxy) is 1. The Balaban J connectivity index is 1.67. The molecule has 1 aromatic heterocycles. The average Bonchev–Trinajstić information content (AvgIpc) is 3.35. The van der Waals surface area contributed by atoms with E-state index < -0.39 is 5.66 Å². The summed E-state index contributed by atoms with van der Waals surface area (Å²) in [4.78, 5) is 18.3. The van der Waals surface area contributed by atoms with Gasteiger partial charge in [0.15, 0.2) is 11.6 Å². The molecule has 31 heavy (non-hydrogen) atoms. The molecule has 2 aliphatic rings. The molecular formula is C23H16BrN5O2. The second-order valence-electron chi connectivity index (χ2n) is 7.40. The Morgan fingerprint density at radius 2 is 1.77 bits per heavy atom. The molecule has 0 unspecified atom stereocenters. The summed E-state index contributed by atoms with van der Waals surface area (Å²) in [6.45, 7) is 0. The van der Waals surface area contributed by atoms with Crippen LogP contribution in [-0.2, 0) is 10.5 Å². The van der Waals surface area contributed by atoms with Gasteiger partial charge in [0.25, 0.3) is 5.91 Å². The lowest BCUT2D eigenvalue weighted by molar-refractivity contribution is -0.121. The Morgan fingerprint density at radius 3 is 2.61 bits per heavy atom. The van der Waals surface area contributed by atoms with Crippen LogP contribution in [-0.4, -0.2) is 27.8 Å². The van der Waals surface area contributed by atoms with Gasteiger partial charge in [0.1, 0.15) is 5.75 Å². The number of nitrogens with zero attached hydrogens (tertiary/aromatic N) is 3. The van der Waals surface area contributed by atoms with Crippen molar-refractivity contribution in [3.8, 4) is 28.5 Å². The Kier molecular flexibility index (Phi) is 3.76. The predicted molar refractivity (Wildman–Crippen MR) is 121 cm³/mol. The molecule has 4 aromatic rings. The van der Waals surface area contributed by atoms with Crippen LogP contribution in [0.3, 0.4) is 0 Å². The van der Waals surface area contributed by atoms with Gasteiger partial charge in [-0.15, -0.1) is 5.10 Å². The van der Waals surface area contributed by atoms with Crippen LogP contribution in [0.1, 0.15) is 5.56 Å². The van der Waals surface area contributed by atoms with E-state index in [0.29, 0.717) is 17.4 Å². The summed E-state index contributed by atoms with van der Waals surface area (Å²) in [6, 6.07) is 21.1. The maximum absolute atomic E-state index is 13.5. The number of fused-ring (bicyclic) bond motifs is 6. The van der Waals surface area contributed by atoms with Crippen LogP contribution < -0.4 is 15.4 Å². The van der Waals surface area contributed by atoms with Gasteiger partial charge in [-0.1, -0.05) is 40.2 Å². The van der Waals surface area contributed by atoms with E-state index in [0.717, 1.165) is 32.5 Å². The molecule has 1 spiro atoms. The zero-order valence-electron chi connectivity index (χ0n) is 16.4. The molecule has 0 bridgehead atoms. The Hall–Kier alpha value is -3.65. The minimum Gasteiger partial charge on any atom is -0.496 e. The summed E-state index contributed by atoms with van der Waals surface area (Å²) in [5.41, 5.74) is 2.71. The van der Waals surface area contributed by atoms with Gasteiger partial charge in [-0.2, -0.15) is 0 Å². The molecule has 1 atom stereocenters. The number of anilines is 2. The Labute approximate surface area is 186 Å². The van der Waals surface area contributed by atoms with E-state index in [1.807, 2.05) is 66.7 Å². The monoisotopic (exact) mass is 473 g/mol. The SMILES string of the molecule is COc1ccccc1-c1nc2n(n1)[C@]1(Nc3ccccc3-2)C(=O)Nc2ccc(Br)cc21. The molecule has 8 heteroatoms. The third-order valence-electron chi connectivity index (χ3n) is 5.70. The maximum Gasteiger partial charge on any atom is 0.278 e. The minimum atomic E-state index is -1.25. The first-order valence-electron chi connectivity index (χ1n) is 9.72. The molecule has 7 nitrogen and oxygen atoms in total. The van der Waals surface area contributed by atoms with Crippen molar-refractivity contribution in [3.63, 3.8) is 0 Å². The number of benzene rings is 3. The van der Waals surface area contributed by atoms with Crippen molar-refractivity contribution in [1.29, 1.82) is 0 Å². The topological polar surface area (TPSA) is 81.1 Å². The fourth-order valence-corrected chi connectivity index (χ4v) is 4.65. The number of amides is 1. The minimum absolute atomic E-state index is 0.215. The van der Waals surface area contributed by atoms with Crippen molar-refractivity contribution >= 4 is 33.2 Å². The number of nitrogens with one attached hydrogen (secondary N) is 2. The van der Waals surface area contributed by atoms with E-state index in [9.17, 15) is 4.79 Å². The summed E-state index contributed by atoms with van der Waals surface area (Å²) >= 11 is 3.54. The van der Waals surface area contributed by atoms with Crippen molar-refractivity contribution in [1.82, 2.24) is 14.8 Å². The third-order valence-corrected chi connectivity index (χ3v) is 6.20. The van der Waals surface area contributed by atoms with E-state index in [1.54, 1.807) is 11.8 Å². The van der Waals surface area contributed by atoms with Gasteiger partial charge in [0.2, 0.25) is 5.66 Å². The van der Waals surface area contributed by atoms with Crippen LogP contribution in [0.25, 0.3) is 22.8 Å². The fraction of sp³-hybridized carbons (Fsp3) is 0.0870. The van der Waals surface area contributed by atoms with Gasteiger partial charge >= 0.3 is 0 Å². The predicted octanol–water partition coefficient (Wildman–Crippen LogP) is 4.46. The molecule has 0 saturated carbocycles. The van der Waals surface area contributed by atoms with E-state index in [2.05, 4.69) is 26.6 Å². The summed E-state index contributed by atoms with van der Waals surface area (Å²) in [6.07, 6.45) is 0. The number of carbonyl (C=O) groups excluding carboxylic acids is 1. The van der Waals surface area contributed by atoms with Crippen LogP contribution in [0.15, 0.2) is 71.2 Å². The molecule has 6 rings (SSSR count). The highest BCUT2D eigenvalue weighted by Gasteiger charge is 2.53. The first kappa shape index (κ1) is 18.1. The van der Waals surface area contributed by atoms with E-state index in [1.165, 1.54) is 0 Å². The number of hydrogen-bond acceptors (Lipinski definition) is 5. The van der Waals surface area contributed by atoms with E-state index in [-0.39, 0.29) is 5.91 Å². The lowest BCUT2D eigenvalue weighted by atomic mass is 9.96. The first-order valence-corrected chi connectivity index (χ1v) is 10.5. The first-order chi connectivity index (χ1) is 15.1. The summed E-state index contributed by atoms with van der Waals surface area (Å²) in [5.74, 6) is 1.55. The van der Waals surface area contributed by atoms with Gasteiger partial charge in [-0.25, -0.2) is 9.67 Å². The highest BCUT2D eigenvalue weighted by atomic mass is 79.9. The van der Waals surface area contributed by atoms with Crippen LogP contribution in [0.5, 0.6) is 5.75 Å². The number of para-hydroxylation sites is 2. The third kappa shape index (κ3) is 2.42. The quantitative estimate of drug-likeness (QED) is 0.449. The second kappa shape index (κ2) is 6.42. The lowest BCUT2D eigenvalue weighted by Crippen LogP contribution is -2.51. The Morgan fingerprint density at radius 1 is 1.00 bits per heavy atom. The number of hydrogen-bond donors (Lipinski definition) is 2. The summed E-state index contributed by atoms with van der Waals surface area (Å²) in [5, 5.41) is 11.3. The molecule has 1 amide bonds. The van der Waals surface area contributed by atoms with Gasteiger partial charge in [0, 0.05) is 27.0 Å². The van der Waals surface area contributed by atoms with E-state index >= 15 is 0 Å². The maximum atomic E-state index is 13.5. The highest BCUT2D eigenvalue weighted by molar-refractivity contribution is 9.10. The standard InChI is InChI=1S/C23H16BrN5O2/c1-31-19-9-5-3-7-15(19)20-26-21-14-6-2-4-8-17(14)27-23(29(21)28-20)16-12-13(24)10-11-18(16)25-22(23)30/h2-12,27H,1H3,(H,25,30)/t23-/m0/s1. The molecule has 152 valence electrons. The molecule has 0 saturated heterocycles. The second-order valence-corrected chi connectivity index (χ2v) is 8.31. The number of halogens is 1. The normalized spacial score (nSPS) is 18.1. The zero-order chi connectivity index (χ0) is 21.2. The molecular weight excluding hydrogens is 458 g/mol. The molecule has 2 aliphatic heterocycles. The smallest absolute Gasteiger partial charge is 0.278 e. The molecule has 3 aromatic carbocycles. The van der Waals surface area contributed by atoms with Crippen molar-refractivity contribution in [2.24, 2.45) is 0 Å². The summed E-state index contributed by atoms with van der Waals surface area (Å²) < 4.78 is 8.08. The van der Waals surface area contributed by atoms with Crippen LogP contribution >= 0.6 is 15.9 Å². The highest BCUT2D eigenvalue weighted by Crippen LogP contribution is 2.47.